The number of carbonyl (C=O) groups is 1. The summed E-state index contributed by atoms with van der Waals surface area (Å²) in [7, 11) is 0. The van der Waals surface area contributed by atoms with Gasteiger partial charge in [-0.2, -0.15) is 0 Å². The van der Waals surface area contributed by atoms with E-state index in [0.717, 1.165) is 30.3 Å². The number of aromatic nitrogens is 1. The van der Waals surface area contributed by atoms with E-state index in [4.69, 9.17) is 4.74 Å². The maximum atomic E-state index is 13.7. The van der Waals surface area contributed by atoms with Crippen LogP contribution in [0.2, 0.25) is 0 Å². The Morgan fingerprint density at radius 1 is 1.04 bits per heavy atom. The molecule has 0 bridgehead atoms. The van der Waals surface area contributed by atoms with Crippen molar-refractivity contribution in [2.24, 2.45) is 0 Å². The van der Waals surface area contributed by atoms with Crippen molar-refractivity contribution >= 4 is 5.97 Å². The first-order chi connectivity index (χ1) is 13.3. The van der Waals surface area contributed by atoms with E-state index in [9.17, 15) is 27.9 Å². The molecule has 1 N–H and O–H groups in total. The molecule has 1 heterocycles. The van der Waals surface area contributed by atoms with Gasteiger partial charge in [-0.05, 0) is 49.4 Å². The van der Waals surface area contributed by atoms with Crippen LogP contribution in [0, 0.1) is 17.5 Å². The van der Waals surface area contributed by atoms with Crippen LogP contribution in [0.1, 0.15) is 17.3 Å². The van der Waals surface area contributed by atoms with Crippen LogP contribution >= 0.6 is 0 Å². The van der Waals surface area contributed by atoms with Gasteiger partial charge in [-0.1, -0.05) is 0 Å². The average Bonchev–Trinajstić information content (AvgIpc) is 2.65. The minimum atomic E-state index is -1.51. The van der Waals surface area contributed by atoms with Gasteiger partial charge in [-0.25, -0.2) is 18.0 Å². The summed E-state index contributed by atoms with van der Waals surface area (Å²) in [5, 5.41) is 9.50. The maximum absolute atomic E-state index is 13.7. The summed E-state index contributed by atoms with van der Waals surface area (Å²) in [4.78, 5) is 24.1. The monoisotopic (exact) mass is 389 g/mol. The lowest BCUT2D eigenvalue weighted by Gasteiger charge is -2.19. The molecule has 0 saturated heterocycles. The molecule has 3 aromatic rings. The second-order valence-electron chi connectivity index (χ2n) is 5.80. The van der Waals surface area contributed by atoms with E-state index < -0.39 is 34.4 Å². The Balaban J connectivity index is 2.26. The number of hydrogen-bond donors (Lipinski definition) is 1. The van der Waals surface area contributed by atoms with Crippen molar-refractivity contribution in [2.75, 3.05) is 0 Å². The van der Waals surface area contributed by atoms with Crippen LogP contribution in [-0.2, 0) is 6.54 Å². The highest BCUT2D eigenvalue weighted by atomic mass is 19.2. The van der Waals surface area contributed by atoms with Gasteiger partial charge in [-0.3, -0.25) is 4.79 Å². The van der Waals surface area contributed by atoms with Crippen LogP contribution in [0.15, 0.2) is 53.3 Å². The van der Waals surface area contributed by atoms with Crippen molar-refractivity contribution in [3.8, 4) is 22.9 Å². The van der Waals surface area contributed by atoms with Crippen LogP contribution in [-0.4, -0.2) is 15.6 Å². The molecule has 0 unspecified atom stereocenters. The zero-order valence-electron chi connectivity index (χ0n) is 14.6. The number of nitrogens with zero attached hydrogens (tertiary/aromatic N) is 1. The highest BCUT2D eigenvalue weighted by molar-refractivity contribution is 5.95. The van der Waals surface area contributed by atoms with Crippen LogP contribution in [0.4, 0.5) is 13.2 Å². The minimum absolute atomic E-state index is 0.000180. The van der Waals surface area contributed by atoms with Gasteiger partial charge in [0.2, 0.25) is 11.3 Å². The molecule has 0 atom stereocenters. The lowest BCUT2D eigenvalue weighted by molar-refractivity contribution is 0.0695. The summed E-state index contributed by atoms with van der Waals surface area (Å²) >= 11 is 0. The first kappa shape index (κ1) is 19.2. The predicted molar refractivity (Wildman–Crippen MR) is 95.2 cm³/mol. The Kier molecular flexibility index (Phi) is 5.21. The Labute approximate surface area is 157 Å². The smallest absolute Gasteiger partial charge is 0.341 e. The van der Waals surface area contributed by atoms with Crippen LogP contribution in [0.5, 0.6) is 11.6 Å². The topological polar surface area (TPSA) is 68.5 Å². The average molecular weight is 389 g/mol. The summed E-state index contributed by atoms with van der Waals surface area (Å²) in [6, 6.07) is 8.80. The van der Waals surface area contributed by atoms with Crippen molar-refractivity contribution in [1.82, 2.24) is 4.57 Å². The Morgan fingerprint density at radius 2 is 1.71 bits per heavy atom. The van der Waals surface area contributed by atoms with Crippen molar-refractivity contribution < 1.29 is 27.8 Å². The molecule has 8 heteroatoms. The molecule has 3 rings (SSSR count). The van der Waals surface area contributed by atoms with Crippen molar-refractivity contribution in [1.29, 1.82) is 0 Å². The number of pyridine rings is 1. The molecule has 1 aromatic heterocycles. The summed E-state index contributed by atoms with van der Waals surface area (Å²) in [5.74, 6) is -4.10. The van der Waals surface area contributed by atoms with Gasteiger partial charge in [-0.15, -0.1) is 0 Å². The van der Waals surface area contributed by atoms with Crippen LogP contribution < -0.4 is 10.2 Å². The first-order valence-corrected chi connectivity index (χ1v) is 8.21. The number of carboxylic acid groups (broad SMARTS) is 1. The van der Waals surface area contributed by atoms with Crippen LogP contribution in [0.25, 0.3) is 11.3 Å². The number of rotatable bonds is 5. The van der Waals surface area contributed by atoms with E-state index in [1.54, 1.807) is 6.92 Å². The third-order valence-corrected chi connectivity index (χ3v) is 4.03. The zero-order valence-corrected chi connectivity index (χ0v) is 14.6. The van der Waals surface area contributed by atoms with Gasteiger partial charge < -0.3 is 14.4 Å². The quantitative estimate of drug-likeness (QED) is 0.700. The molecule has 0 radical (unpaired) electrons. The lowest BCUT2D eigenvalue weighted by atomic mass is 10.0. The number of carboxylic acids is 1. The molecule has 5 nitrogen and oxygen atoms in total. The van der Waals surface area contributed by atoms with E-state index in [0.29, 0.717) is 0 Å². The third kappa shape index (κ3) is 3.62. The Bertz CT molecular complexity index is 1110. The van der Waals surface area contributed by atoms with Crippen molar-refractivity contribution in [2.45, 2.75) is 13.5 Å². The van der Waals surface area contributed by atoms with E-state index in [-0.39, 0.29) is 29.4 Å². The summed E-state index contributed by atoms with van der Waals surface area (Å²) in [6.45, 7) is 1.82. The number of benzene rings is 2. The Hall–Kier alpha value is -3.55. The van der Waals surface area contributed by atoms with Gasteiger partial charge >= 0.3 is 5.97 Å². The predicted octanol–water partition coefficient (Wildman–Crippen LogP) is 4.44. The van der Waals surface area contributed by atoms with Crippen molar-refractivity contribution in [3.63, 3.8) is 0 Å². The second kappa shape index (κ2) is 7.59. The van der Waals surface area contributed by atoms with Gasteiger partial charge in [0.1, 0.15) is 17.1 Å². The fourth-order valence-corrected chi connectivity index (χ4v) is 2.80. The molecule has 0 aliphatic rings. The van der Waals surface area contributed by atoms with Gasteiger partial charge in [0.25, 0.3) is 0 Å². The molecule has 0 spiro atoms. The molecule has 0 amide bonds. The lowest BCUT2D eigenvalue weighted by Crippen LogP contribution is -2.21. The zero-order chi connectivity index (χ0) is 20.4. The Morgan fingerprint density at radius 3 is 2.29 bits per heavy atom. The molecule has 0 fully saturated rings. The molecule has 2 aromatic carbocycles. The normalized spacial score (nSPS) is 10.7. The number of hydrogen-bond acceptors (Lipinski definition) is 3. The number of aromatic carboxylic acids is 1. The summed E-state index contributed by atoms with van der Waals surface area (Å²) in [6.07, 6.45) is 0. The highest BCUT2D eigenvalue weighted by Crippen LogP contribution is 2.30. The first-order valence-electron chi connectivity index (χ1n) is 8.21. The minimum Gasteiger partial charge on any atom is -0.477 e. The highest BCUT2D eigenvalue weighted by Gasteiger charge is 2.23. The van der Waals surface area contributed by atoms with E-state index >= 15 is 0 Å². The molecule has 0 aliphatic heterocycles. The van der Waals surface area contributed by atoms with E-state index in [1.165, 1.54) is 22.8 Å². The fraction of sp³-hybridized carbons (Fsp3) is 0.100. The standard InChI is InChI=1S/C20H14F3NO4/c1-2-24-17(28-13-6-4-12(21)5-7-13)10-16(25)18(20(26)27)19(24)11-3-8-14(22)15(23)9-11/h3-10H,2H2,1H3,(H,26,27). The maximum Gasteiger partial charge on any atom is 0.341 e. The van der Waals surface area contributed by atoms with E-state index in [2.05, 4.69) is 0 Å². The fourth-order valence-electron chi connectivity index (χ4n) is 2.80. The van der Waals surface area contributed by atoms with Crippen LogP contribution in [0.3, 0.4) is 0 Å². The van der Waals surface area contributed by atoms with Gasteiger partial charge in [0.15, 0.2) is 11.6 Å². The third-order valence-electron chi connectivity index (χ3n) is 4.03. The molecular weight excluding hydrogens is 375 g/mol. The molecular formula is C20H14F3NO4. The number of halogens is 3. The molecule has 144 valence electrons. The van der Waals surface area contributed by atoms with E-state index in [1.807, 2.05) is 0 Å². The van der Waals surface area contributed by atoms with Crippen molar-refractivity contribution in [3.05, 3.63) is 81.8 Å². The summed E-state index contributed by atoms with van der Waals surface area (Å²) in [5.41, 5.74) is -1.59. The number of ether oxygens (including phenoxy) is 1. The molecule has 0 saturated carbocycles. The largest absolute Gasteiger partial charge is 0.477 e. The second-order valence-corrected chi connectivity index (χ2v) is 5.80. The molecule has 28 heavy (non-hydrogen) atoms. The SMILES string of the molecule is CCn1c(Oc2ccc(F)cc2)cc(=O)c(C(=O)O)c1-c1ccc(F)c(F)c1. The van der Waals surface area contributed by atoms with Gasteiger partial charge in [0.05, 0.1) is 5.69 Å². The molecule has 0 aliphatic carbocycles. The van der Waals surface area contributed by atoms with Gasteiger partial charge in [0, 0.05) is 18.2 Å². The summed E-state index contributed by atoms with van der Waals surface area (Å²) < 4.78 is 47.1.